The number of nitrogens with zero attached hydrogens (tertiary/aromatic N) is 4. The summed E-state index contributed by atoms with van der Waals surface area (Å²) < 4.78 is 0. The zero-order chi connectivity index (χ0) is 26.1. The predicted molar refractivity (Wildman–Crippen MR) is 146 cm³/mol. The Labute approximate surface area is 225 Å². The number of hydrogen-bond acceptors (Lipinski definition) is 4. The van der Waals surface area contributed by atoms with Gasteiger partial charge in [0.1, 0.15) is 0 Å². The number of rotatable bonds is 4. The maximum Gasteiger partial charge on any atom is 0.253 e. The third-order valence-electron chi connectivity index (χ3n) is 9.02. The van der Waals surface area contributed by atoms with Gasteiger partial charge in [0, 0.05) is 75.4 Å². The fraction of sp³-hybridized carbons (Fsp3) is 0.516. The molecule has 6 rings (SSSR count). The van der Waals surface area contributed by atoms with Gasteiger partial charge in [0.25, 0.3) is 11.8 Å². The van der Waals surface area contributed by atoms with Crippen LogP contribution >= 0.6 is 0 Å². The molecule has 0 aromatic heterocycles. The lowest BCUT2D eigenvalue weighted by Crippen LogP contribution is -2.64. The van der Waals surface area contributed by atoms with Gasteiger partial charge in [-0.2, -0.15) is 0 Å². The summed E-state index contributed by atoms with van der Waals surface area (Å²) in [6.45, 7) is 6.06. The van der Waals surface area contributed by atoms with Gasteiger partial charge in [-0.25, -0.2) is 0 Å². The molecule has 38 heavy (non-hydrogen) atoms. The molecule has 2 saturated heterocycles. The van der Waals surface area contributed by atoms with Crippen molar-refractivity contribution in [3.8, 4) is 0 Å². The van der Waals surface area contributed by atoms with E-state index in [2.05, 4.69) is 17.0 Å². The number of benzene rings is 2. The first kappa shape index (κ1) is 25.1. The summed E-state index contributed by atoms with van der Waals surface area (Å²) in [6, 6.07) is 15.9. The van der Waals surface area contributed by atoms with Gasteiger partial charge >= 0.3 is 0 Å². The molecule has 1 aliphatic carbocycles. The third-order valence-corrected chi connectivity index (χ3v) is 9.02. The minimum atomic E-state index is 0.0997. The summed E-state index contributed by atoms with van der Waals surface area (Å²) >= 11 is 0. The van der Waals surface area contributed by atoms with Gasteiger partial charge in [0.15, 0.2) is 0 Å². The molecule has 0 atom stereocenters. The molecule has 1 saturated carbocycles. The molecule has 2 aromatic carbocycles. The van der Waals surface area contributed by atoms with Gasteiger partial charge in [0.2, 0.25) is 5.91 Å². The summed E-state index contributed by atoms with van der Waals surface area (Å²) in [7, 11) is 0. The van der Waals surface area contributed by atoms with Crippen LogP contribution in [0.5, 0.6) is 0 Å². The molecule has 0 radical (unpaired) electrons. The van der Waals surface area contributed by atoms with Crippen molar-refractivity contribution in [3.05, 3.63) is 70.8 Å². The maximum absolute atomic E-state index is 13.2. The highest BCUT2D eigenvalue weighted by Crippen LogP contribution is 2.29. The monoisotopic (exact) mass is 514 g/mol. The second-order valence-electron chi connectivity index (χ2n) is 11.4. The largest absolute Gasteiger partial charge is 0.338 e. The number of carbonyl (C=O) groups is 3. The Hall–Kier alpha value is -3.19. The first-order chi connectivity index (χ1) is 18.6. The number of carbonyl (C=O) groups excluding carboxylic acids is 3. The minimum absolute atomic E-state index is 0.0997. The molecule has 0 unspecified atom stereocenters. The number of likely N-dealkylation sites (tertiary alicyclic amines) is 1. The lowest BCUT2D eigenvalue weighted by molar-refractivity contribution is -0.137. The second kappa shape index (κ2) is 10.9. The molecular weight excluding hydrogens is 476 g/mol. The molecule has 200 valence electrons. The Morgan fingerprint density at radius 1 is 0.658 bits per heavy atom. The summed E-state index contributed by atoms with van der Waals surface area (Å²) in [5.41, 5.74) is 3.89. The number of amides is 3. The Morgan fingerprint density at radius 3 is 2.11 bits per heavy atom. The van der Waals surface area contributed by atoms with Gasteiger partial charge in [-0.05, 0) is 54.7 Å². The van der Waals surface area contributed by atoms with E-state index in [9.17, 15) is 14.4 Å². The summed E-state index contributed by atoms with van der Waals surface area (Å²) in [5, 5.41) is 0. The van der Waals surface area contributed by atoms with Gasteiger partial charge in [-0.15, -0.1) is 0 Å². The van der Waals surface area contributed by atoms with Crippen LogP contribution in [0.25, 0.3) is 0 Å². The van der Waals surface area contributed by atoms with E-state index in [1.807, 2.05) is 51.1 Å². The van der Waals surface area contributed by atoms with Crippen LogP contribution in [-0.4, -0.2) is 89.2 Å². The van der Waals surface area contributed by atoms with Crippen molar-refractivity contribution in [2.75, 3.05) is 45.8 Å². The number of hydrogen-bond donors (Lipinski definition) is 0. The molecule has 3 heterocycles. The fourth-order valence-corrected chi connectivity index (χ4v) is 6.57. The van der Waals surface area contributed by atoms with E-state index < -0.39 is 0 Å². The molecular formula is C31H38N4O3. The van der Waals surface area contributed by atoms with Gasteiger partial charge in [0.05, 0.1) is 0 Å². The highest BCUT2D eigenvalue weighted by molar-refractivity contribution is 5.95. The quantitative estimate of drug-likeness (QED) is 0.627. The maximum atomic E-state index is 13.2. The van der Waals surface area contributed by atoms with E-state index in [0.29, 0.717) is 18.5 Å². The highest BCUT2D eigenvalue weighted by Gasteiger charge is 2.37. The van der Waals surface area contributed by atoms with E-state index in [1.165, 1.54) is 30.4 Å². The van der Waals surface area contributed by atoms with Crippen LogP contribution in [0, 0.1) is 5.92 Å². The minimum Gasteiger partial charge on any atom is -0.338 e. The van der Waals surface area contributed by atoms with Crippen LogP contribution < -0.4 is 0 Å². The van der Waals surface area contributed by atoms with Crippen LogP contribution in [0.15, 0.2) is 48.5 Å². The van der Waals surface area contributed by atoms with Gasteiger partial charge in [-0.3, -0.25) is 19.3 Å². The van der Waals surface area contributed by atoms with Crippen molar-refractivity contribution >= 4 is 17.7 Å². The van der Waals surface area contributed by atoms with Gasteiger partial charge < -0.3 is 14.7 Å². The number of fused-ring (bicyclic) bond motifs is 1. The van der Waals surface area contributed by atoms with Crippen molar-refractivity contribution in [1.82, 2.24) is 19.6 Å². The predicted octanol–water partition coefficient (Wildman–Crippen LogP) is 3.43. The topological polar surface area (TPSA) is 64.2 Å². The van der Waals surface area contributed by atoms with Crippen LogP contribution in [0.3, 0.4) is 0 Å². The van der Waals surface area contributed by atoms with Crippen LogP contribution in [0.4, 0.5) is 0 Å². The standard InChI is InChI=1S/C31H38N4O3/c36-29(23-7-3-1-4-8-23)33-17-15-32(16-18-33)28-21-35(22-28)31(38)26-11-12-27-20-34(14-13-25(27)19-26)30(37)24-9-5-2-6-10-24/h1,3-4,7-8,11-12,19,24,28H,2,5-6,9-10,13-18,20-22H2. The molecule has 3 aliphatic heterocycles. The van der Waals surface area contributed by atoms with Gasteiger partial charge in [-0.1, -0.05) is 43.5 Å². The molecule has 4 aliphatic rings. The smallest absolute Gasteiger partial charge is 0.253 e. The Kier molecular flexibility index (Phi) is 7.20. The first-order valence-electron chi connectivity index (χ1n) is 14.3. The molecule has 2 aromatic rings. The summed E-state index contributed by atoms with van der Waals surface area (Å²) in [4.78, 5) is 47.3. The molecule has 3 fully saturated rings. The Balaban J connectivity index is 0.989. The molecule has 0 N–H and O–H groups in total. The lowest BCUT2D eigenvalue weighted by atomic mass is 9.87. The molecule has 3 amide bonds. The van der Waals surface area contributed by atoms with Crippen molar-refractivity contribution in [1.29, 1.82) is 0 Å². The first-order valence-corrected chi connectivity index (χ1v) is 14.3. The van der Waals surface area contributed by atoms with Crippen molar-refractivity contribution < 1.29 is 14.4 Å². The van der Waals surface area contributed by atoms with E-state index >= 15 is 0 Å². The lowest BCUT2D eigenvalue weighted by Gasteiger charge is -2.48. The third kappa shape index (κ3) is 5.08. The normalized spacial score (nSPS) is 21.1. The zero-order valence-electron chi connectivity index (χ0n) is 22.2. The average molecular weight is 515 g/mol. The summed E-state index contributed by atoms with van der Waals surface area (Å²) in [6.07, 6.45) is 6.50. The Morgan fingerprint density at radius 2 is 1.37 bits per heavy atom. The van der Waals surface area contributed by atoms with Crippen LogP contribution in [0.1, 0.15) is 63.9 Å². The van der Waals surface area contributed by atoms with Crippen molar-refractivity contribution in [2.24, 2.45) is 5.92 Å². The highest BCUT2D eigenvalue weighted by atomic mass is 16.2. The van der Waals surface area contributed by atoms with Crippen molar-refractivity contribution in [3.63, 3.8) is 0 Å². The van der Waals surface area contributed by atoms with E-state index in [0.717, 1.165) is 76.2 Å². The molecule has 0 bridgehead atoms. The summed E-state index contributed by atoms with van der Waals surface area (Å²) in [5.74, 6) is 0.734. The Bertz CT molecular complexity index is 1180. The second-order valence-corrected chi connectivity index (χ2v) is 11.4. The van der Waals surface area contributed by atoms with Crippen molar-refractivity contribution in [2.45, 2.75) is 51.1 Å². The fourth-order valence-electron chi connectivity index (χ4n) is 6.57. The van der Waals surface area contributed by atoms with Crippen LogP contribution in [0.2, 0.25) is 0 Å². The number of piperazine rings is 1. The molecule has 7 nitrogen and oxygen atoms in total. The van der Waals surface area contributed by atoms with E-state index in [-0.39, 0.29) is 17.7 Å². The van der Waals surface area contributed by atoms with Crippen LogP contribution in [-0.2, 0) is 17.8 Å². The molecule has 0 spiro atoms. The average Bonchev–Trinajstić information content (AvgIpc) is 2.96. The SMILES string of the molecule is O=C(c1ccccc1)N1CCN(C2CN(C(=O)c3ccc4c(c3)CCN(C(=O)C3CCCCC3)C4)C2)CC1. The zero-order valence-corrected chi connectivity index (χ0v) is 22.2. The molecule has 7 heteroatoms. The van der Waals surface area contributed by atoms with E-state index in [4.69, 9.17) is 0 Å². The van der Waals surface area contributed by atoms with E-state index in [1.54, 1.807) is 0 Å².